The van der Waals surface area contributed by atoms with Crippen LogP contribution in [0.25, 0.3) is 0 Å². The smallest absolute Gasteiger partial charge is 0.231 e. The molecular weight excluding hydrogens is 192 g/mol. The Labute approximate surface area is 88.8 Å². The van der Waals surface area contributed by atoms with Crippen molar-refractivity contribution >= 4 is 5.69 Å². The molecule has 2 heterocycles. The molecule has 2 aliphatic rings. The Bertz CT molecular complexity index is 392. The maximum absolute atomic E-state index is 5.38. The summed E-state index contributed by atoms with van der Waals surface area (Å²) in [5.41, 5.74) is 2.52. The molecule has 15 heavy (non-hydrogen) atoms. The van der Waals surface area contributed by atoms with Gasteiger partial charge in [-0.05, 0) is 11.6 Å². The first-order chi connectivity index (χ1) is 7.34. The minimum absolute atomic E-state index is 0.343. The van der Waals surface area contributed by atoms with Crippen molar-refractivity contribution in [1.29, 1.82) is 0 Å². The summed E-state index contributed by atoms with van der Waals surface area (Å²) >= 11 is 0. The maximum Gasteiger partial charge on any atom is 0.231 e. The third kappa shape index (κ3) is 1.41. The molecule has 0 radical (unpaired) electrons. The lowest BCUT2D eigenvalue weighted by molar-refractivity contribution is 0.174. The van der Waals surface area contributed by atoms with Crippen LogP contribution < -0.4 is 19.7 Å². The highest BCUT2D eigenvalue weighted by molar-refractivity contribution is 5.62. The van der Waals surface area contributed by atoms with Gasteiger partial charge in [0, 0.05) is 38.4 Å². The Hall–Kier alpha value is -1.42. The Kier molecular flexibility index (Phi) is 1.95. The molecule has 0 fully saturated rings. The van der Waals surface area contributed by atoms with Gasteiger partial charge >= 0.3 is 0 Å². The van der Waals surface area contributed by atoms with E-state index in [2.05, 4.69) is 29.4 Å². The van der Waals surface area contributed by atoms with Crippen LogP contribution in [0.2, 0.25) is 0 Å². The minimum atomic E-state index is 0.343. The Morgan fingerprint density at radius 3 is 2.93 bits per heavy atom. The molecule has 0 atom stereocenters. The Morgan fingerprint density at radius 1 is 1.27 bits per heavy atom. The second kappa shape index (κ2) is 3.31. The molecule has 1 aromatic carbocycles. The zero-order valence-electron chi connectivity index (χ0n) is 8.75. The highest BCUT2D eigenvalue weighted by Crippen LogP contribution is 2.38. The van der Waals surface area contributed by atoms with Crippen LogP contribution in [0.1, 0.15) is 5.56 Å². The molecule has 1 aromatic rings. The molecule has 0 saturated carbocycles. The third-order valence-corrected chi connectivity index (χ3v) is 2.92. The van der Waals surface area contributed by atoms with Crippen molar-refractivity contribution in [3.05, 3.63) is 17.7 Å². The van der Waals surface area contributed by atoms with Gasteiger partial charge in [-0.25, -0.2) is 0 Å². The van der Waals surface area contributed by atoms with Crippen molar-refractivity contribution in [3.63, 3.8) is 0 Å². The lowest BCUT2D eigenvalue weighted by atomic mass is 10.1. The van der Waals surface area contributed by atoms with Crippen molar-refractivity contribution in [2.24, 2.45) is 0 Å². The zero-order chi connectivity index (χ0) is 10.3. The first-order valence-corrected chi connectivity index (χ1v) is 5.19. The second-order valence-electron chi connectivity index (χ2n) is 3.93. The number of nitrogens with zero attached hydrogens (tertiary/aromatic N) is 1. The van der Waals surface area contributed by atoms with Gasteiger partial charge in [0.1, 0.15) is 0 Å². The predicted octanol–water partition coefficient (Wildman–Crippen LogP) is 0.955. The molecule has 0 bridgehead atoms. The molecule has 2 aliphatic heterocycles. The van der Waals surface area contributed by atoms with Gasteiger partial charge in [0.25, 0.3) is 0 Å². The molecule has 0 aliphatic carbocycles. The van der Waals surface area contributed by atoms with Gasteiger partial charge in [0.2, 0.25) is 6.79 Å². The van der Waals surface area contributed by atoms with Crippen LogP contribution in [0.3, 0.4) is 0 Å². The van der Waals surface area contributed by atoms with Gasteiger partial charge in [-0.15, -0.1) is 0 Å². The van der Waals surface area contributed by atoms with Gasteiger partial charge in [-0.3, -0.25) is 0 Å². The SMILES string of the molecule is CN1CCNCc2cc3c(cc21)OCO3. The fourth-order valence-corrected chi connectivity index (χ4v) is 2.06. The van der Waals surface area contributed by atoms with Crippen LogP contribution in [-0.4, -0.2) is 26.9 Å². The van der Waals surface area contributed by atoms with Crippen molar-refractivity contribution in [2.75, 3.05) is 31.8 Å². The fraction of sp³-hybridized carbons (Fsp3) is 0.455. The van der Waals surface area contributed by atoms with E-state index >= 15 is 0 Å². The molecule has 0 spiro atoms. The van der Waals surface area contributed by atoms with Crippen LogP contribution >= 0.6 is 0 Å². The standard InChI is InChI=1S/C11H14N2O2/c1-13-3-2-12-6-8-4-10-11(5-9(8)13)15-7-14-10/h4-5,12H,2-3,6-7H2,1H3. The zero-order valence-corrected chi connectivity index (χ0v) is 8.75. The molecule has 3 rings (SSSR count). The number of fused-ring (bicyclic) bond motifs is 2. The molecule has 0 unspecified atom stereocenters. The average molecular weight is 206 g/mol. The Balaban J connectivity index is 2.09. The van der Waals surface area contributed by atoms with Crippen molar-refractivity contribution in [1.82, 2.24) is 5.32 Å². The fourth-order valence-electron chi connectivity index (χ4n) is 2.06. The summed E-state index contributed by atoms with van der Waals surface area (Å²) in [6.07, 6.45) is 0. The number of benzene rings is 1. The minimum Gasteiger partial charge on any atom is -0.454 e. The van der Waals surface area contributed by atoms with Gasteiger partial charge < -0.3 is 19.7 Å². The Morgan fingerprint density at radius 2 is 2.07 bits per heavy atom. The highest BCUT2D eigenvalue weighted by Gasteiger charge is 2.20. The first-order valence-electron chi connectivity index (χ1n) is 5.19. The van der Waals surface area contributed by atoms with Crippen LogP contribution in [-0.2, 0) is 6.54 Å². The van der Waals surface area contributed by atoms with Crippen LogP contribution in [0, 0.1) is 0 Å². The average Bonchev–Trinajstić information content (AvgIpc) is 2.62. The highest BCUT2D eigenvalue weighted by atomic mass is 16.7. The van der Waals surface area contributed by atoms with E-state index in [4.69, 9.17) is 9.47 Å². The lowest BCUT2D eigenvalue weighted by Gasteiger charge is -2.18. The van der Waals surface area contributed by atoms with E-state index in [1.807, 2.05) is 0 Å². The molecule has 4 nitrogen and oxygen atoms in total. The topological polar surface area (TPSA) is 33.7 Å². The summed E-state index contributed by atoms with van der Waals surface area (Å²) < 4.78 is 10.8. The van der Waals surface area contributed by atoms with E-state index in [0.29, 0.717) is 6.79 Å². The maximum atomic E-state index is 5.38. The summed E-state index contributed by atoms with van der Waals surface area (Å²) in [7, 11) is 2.11. The molecule has 4 heteroatoms. The molecule has 0 saturated heterocycles. The summed E-state index contributed by atoms with van der Waals surface area (Å²) in [5, 5.41) is 3.39. The second-order valence-corrected chi connectivity index (χ2v) is 3.93. The molecule has 0 amide bonds. The molecular formula is C11H14N2O2. The van der Waals surface area contributed by atoms with Crippen LogP contribution in [0.15, 0.2) is 12.1 Å². The number of anilines is 1. The summed E-state index contributed by atoms with van der Waals surface area (Å²) in [4.78, 5) is 2.25. The number of rotatable bonds is 0. The summed E-state index contributed by atoms with van der Waals surface area (Å²) in [5.74, 6) is 1.73. The first kappa shape index (κ1) is 8.85. The summed E-state index contributed by atoms with van der Waals surface area (Å²) in [6, 6.07) is 4.15. The van der Waals surface area contributed by atoms with Gasteiger partial charge in [-0.2, -0.15) is 0 Å². The van der Waals surface area contributed by atoms with E-state index in [1.165, 1.54) is 11.3 Å². The van der Waals surface area contributed by atoms with Crippen LogP contribution in [0.4, 0.5) is 5.69 Å². The number of nitrogens with one attached hydrogen (secondary N) is 1. The van der Waals surface area contributed by atoms with Crippen molar-refractivity contribution < 1.29 is 9.47 Å². The predicted molar refractivity (Wildman–Crippen MR) is 57.5 cm³/mol. The monoisotopic (exact) mass is 206 g/mol. The van der Waals surface area contributed by atoms with Gasteiger partial charge in [-0.1, -0.05) is 0 Å². The van der Waals surface area contributed by atoms with E-state index in [-0.39, 0.29) is 0 Å². The third-order valence-electron chi connectivity index (χ3n) is 2.92. The number of hydrogen-bond donors (Lipinski definition) is 1. The molecule has 0 aromatic heterocycles. The van der Waals surface area contributed by atoms with E-state index in [9.17, 15) is 0 Å². The lowest BCUT2D eigenvalue weighted by Crippen LogP contribution is -2.24. The number of hydrogen-bond acceptors (Lipinski definition) is 4. The van der Waals surface area contributed by atoms with Crippen LogP contribution in [0.5, 0.6) is 11.5 Å². The van der Waals surface area contributed by atoms with E-state index in [0.717, 1.165) is 31.1 Å². The van der Waals surface area contributed by atoms with E-state index < -0.39 is 0 Å². The van der Waals surface area contributed by atoms with E-state index in [1.54, 1.807) is 0 Å². The number of ether oxygens (including phenoxy) is 2. The summed E-state index contributed by atoms with van der Waals surface area (Å²) in [6.45, 7) is 3.27. The largest absolute Gasteiger partial charge is 0.454 e. The van der Waals surface area contributed by atoms with Gasteiger partial charge in [0.15, 0.2) is 11.5 Å². The normalized spacial score (nSPS) is 18.6. The molecule has 80 valence electrons. The van der Waals surface area contributed by atoms with Crippen molar-refractivity contribution in [3.8, 4) is 11.5 Å². The number of likely N-dealkylation sites (N-methyl/N-ethyl adjacent to an activating group) is 1. The molecule has 1 N–H and O–H groups in total. The van der Waals surface area contributed by atoms with Crippen molar-refractivity contribution in [2.45, 2.75) is 6.54 Å². The quantitative estimate of drug-likeness (QED) is 0.685. The van der Waals surface area contributed by atoms with Gasteiger partial charge in [0.05, 0.1) is 0 Å².